The first-order valence-corrected chi connectivity index (χ1v) is 8.99. The van der Waals surface area contributed by atoms with Crippen LogP contribution in [0.2, 0.25) is 0 Å². The van der Waals surface area contributed by atoms with Crippen molar-refractivity contribution in [2.45, 2.75) is 45.2 Å². The largest absolute Gasteiger partial charge is 0.494 e. The topological polar surface area (TPSA) is 70.7 Å². The Morgan fingerprint density at radius 3 is 2.50 bits per heavy atom. The van der Waals surface area contributed by atoms with Crippen LogP contribution in [0.15, 0.2) is 24.3 Å². The summed E-state index contributed by atoms with van der Waals surface area (Å²) in [5.74, 6) is 0.628. The molecule has 6 nitrogen and oxygen atoms in total. The number of rotatable bonds is 7. The molecule has 1 unspecified atom stereocenters. The first-order valence-electron chi connectivity index (χ1n) is 8.99. The van der Waals surface area contributed by atoms with Gasteiger partial charge in [0.1, 0.15) is 5.75 Å². The second-order valence-corrected chi connectivity index (χ2v) is 6.37. The lowest BCUT2D eigenvalue weighted by Gasteiger charge is -2.33. The molecule has 0 spiro atoms. The van der Waals surface area contributed by atoms with E-state index >= 15 is 0 Å². The normalized spacial score (nSPS) is 15.7. The molecular weight excluding hydrogens is 354 g/mol. The van der Waals surface area contributed by atoms with Gasteiger partial charge in [0.15, 0.2) is 0 Å². The Morgan fingerprint density at radius 2 is 1.92 bits per heavy atom. The molecule has 1 aromatic rings. The van der Waals surface area contributed by atoms with Crippen molar-refractivity contribution in [3.8, 4) is 5.75 Å². The highest BCUT2D eigenvalue weighted by Gasteiger charge is 2.26. The van der Waals surface area contributed by atoms with Gasteiger partial charge >= 0.3 is 0 Å². The summed E-state index contributed by atoms with van der Waals surface area (Å²) in [7, 11) is 1.96. The van der Waals surface area contributed by atoms with E-state index in [4.69, 9.17) is 4.74 Å². The minimum atomic E-state index is -0.380. The van der Waals surface area contributed by atoms with Crippen molar-refractivity contribution in [2.75, 3.05) is 26.7 Å². The summed E-state index contributed by atoms with van der Waals surface area (Å²) in [5.41, 5.74) is 0.845. The highest BCUT2D eigenvalue weighted by Crippen LogP contribution is 2.28. The molecule has 1 aliphatic rings. The zero-order chi connectivity index (χ0) is 18.2. The number of amides is 2. The molecule has 1 heterocycles. The van der Waals surface area contributed by atoms with Gasteiger partial charge in [-0.2, -0.15) is 0 Å². The summed E-state index contributed by atoms with van der Waals surface area (Å²) in [5, 5.41) is 6.17. The lowest BCUT2D eigenvalue weighted by molar-refractivity contribution is -0.133. The zero-order valence-electron chi connectivity index (χ0n) is 15.8. The third kappa shape index (κ3) is 6.18. The molecule has 0 radical (unpaired) electrons. The number of piperidine rings is 1. The molecule has 0 saturated carbocycles. The van der Waals surface area contributed by atoms with Crippen molar-refractivity contribution in [3.63, 3.8) is 0 Å². The van der Waals surface area contributed by atoms with Gasteiger partial charge in [0.05, 0.1) is 19.1 Å². The Balaban J connectivity index is 0.00000338. The van der Waals surface area contributed by atoms with Crippen LogP contribution < -0.4 is 15.4 Å². The number of nitrogens with zero attached hydrogens (tertiary/aromatic N) is 1. The lowest BCUT2D eigenvalue weighted by atomic mass is 10.00. The fraction of sp³-hybridized carbons (Fsp3) is 0.579. The molecule has 1 saturated heterocycles. The maximum absolute atomic E-state index is 12.7. The molecule has 1 fully saturated rings. The number of nitrogens with one attached hydrogen (secondary N) is 2. The first kappa shape index (κ1) is 22.3. The number of hydrogen-bond acceptors (Lipinski definition) is 4. The SMILES string of the molecule is CCOc1ccccc1C(CC(=O)N1CCC(NC)CC1)NC(C)=O.Cl. The molecule has 26 heavy (non-hydrogen) atoms. The molecule has 2 N–H and O–H groups in total. The third-order valence-electron chi connectivity index (χ3n) is 4.61. The average molecular weight is 384 g/mol. The monoisotopic (exact) mass is 383 g/mol. The van der Waals surface area contributed by atoms with Gasteiger partial charge in [-0.15, -0.1) is 12.4 Å². The summed E-state index contributed by atoms with van der Waals surface area (Å²) in [6.45, 7) is 5.43. The first-order chi connectivity index (χ1) is 12.0. The number of para-hydroxylation sites is 1. The summed E-state index contributed by atoms with van der Waals surface area (Å²) < 4.78 is 5.67. The molecule has 0 aliphatic carbocycles. The minimum Gasteiger partial charge on any atom is -0.494 e. The van der Waals surface area contributed by atoms with Crippen LogP contribution in [0, 0.1) is 0 Å². The van der Waals surface area contributed by atoms with Crippen LogP contribution in [0.1, 0.15) is 44.7 Å². The quantitative estimate of drug-likeness (QED) is 0.757. The summed E-state index contributed by atoms with van der Waals surface area (Å²) in [4.78, 5) is 26.3. The van der Waals surface area contributed by atoms with Crippen LogP contribution in [-0.2, 0) is 9.59 Å². The third-order valence-corrected chi connectivity index (χ3v) is 4.61. The Labute approximate surface area is 162 Å². The van der Waals surface area contributed by atoms with Crippen molar-refractivity contribution in [1.29, 1.82) is 0 Å². The Bertz CT molecular complexity index is 589. The van der Waals surface area contributed by atoms with Gasteiger partial charge < -0.3 is 20.3 Å². The molecule has 146 valence electrons. The predicted octanol–water partition coefficient (Wildman–Crippen LogP) is 2.28. The van der Waals surface area contributed by atoms with Crippen molar-refractivity contribution >= 4 is 24.2 Å². The number of ether oxygens (including phenoxy) is 1. The van der Waals surface area contributed by atoms with E-state index in [-0.39, 0.29) is 36.7 Å². The maximum Gasteiger partial charge on any atom is 0.224 e. The van der Waals surface area contributed by atoms with Gasteiger partial charge in [0.25, 0.3) is 0 Å². The fourth-order valence-corrected chi connectivity index (χ4v) is 3.26. The van der Waals surface area contributed by atoms with Gasteiger partial charge in [-0.1, -0.05) is 18.2 Å². The van der Waals surface area contributed by atoms with E-state index in [2.05, 4.69) is 10.6 Å². The number of carbonyl (C=O) groups excluding carboxylic acids is 2. The Kier molecular flexibility index (Phi) is 9.44. The van der Waals surface area contributed by atoms with E-state index in [0.717, 1.165) is 31.5 Å². The maximum atomic E-state index is 12.7. The number of likely N-dealkylation sites (tertiary alicyclic amines) is 1. The number of carbonyl (C=O) groups is 2. The summed E-state index contributed by atoms with van der Waals surface area (Å²) in [6, 6.07) is 7.67. The minimum absolute atomic E-state index is 0. The predicted molar refractivity (Wildman–Crippen MR) is 105 cm³/mol. The smallest absolute Gasteiger partial charge is 0.224 e. The number of hydrogen-bond donors (Lipinski definition) is 2. The van der Waals surface area contributed by atoms with E-state index in [1.54, 1.807) is 0 Å². The molecule has 0 bridgehead atoms. The standard InChI is InChI=1S/C19H29N3O3.ClH/c1-4-25-18-8-6-5-7-16(18)17(21-14(2)23)13-19(24)22-11-9-15(20-3)10-12-22;/h5-8,15,17,20H,4,9-13H2,1-3H3,(H,21,23);1H. The van der Waals surface area contributed by atoms with Crippen LogP contribution in [0.5, 0.6) is 5.75 Å². The van der Waals surface area contributed by atoms with E-state index in [1.165, 1.54) is 6.92 Å². The highest BCUT2D eigenvalue weighted by atomic mass is 35.5. The number of benzene rings is 1. The Hall–Kier alpha value is -1.79. The summed E-state index contributed by atoms with van der Waals surface area (Å²) in [6.07, 6.45) is 2.17. The van der Waals surface area contributed by atoms with E-state index in [1.807, 2.05) is 43.1 Å². The fourth-order valence-electron chi connectivity index (χ4n) is 3.26. The van der Waals surface area contributed by atoms with E-state index in [9.17, 15) is 9.59 Å². The van der Waals surface area contributed by atoms with Crippen molar-refractivity contribution < 1.29 is 14.3 Å². The molecule has 1 atom stereocenters. The van der Waals surface area contributed by atoms with Gasteiger partial charge in [-0.3, -0.25) is 9.59 Å². The van der Waals surface area contributed by atoms with E-state index < -0.39 is 0 Å². The molecule has 2 amide bonds. The van der Waals surface area contributed by atoms with Gasteiger partial charge in [-0.05, 0) is 32.9 Å². The molecule has 2 rings (SSSR count). The van der Waals surface area contributed by atoms with Crippen LogP contribution >= 0.6 is 12.4 Å². The Morgan fingerprint density at radius 1 is 1.27 bits per heavy atom. The molecular formula is C19H30ClN3O3. The highest BCUT2D eigenvalue weighted by molar-refractivity contribution is 5.85. The zero-order valence-corrected chi connectivity index (χ0v) is 16.6. The second kappa shape index (κ2) is 11.0. The van der Waals surface area contributed by atoms with Crippen LogP contribution in [-0.4, -0.2) is 49.5 Å². The summed E-state index contributed by atoms with van der Waals surface area (Å²) >= 11 is 0. The van der Waals surface area contributed by atoms with Crippen molar-refractivity contribution in [2.24, 2.45) is 0 Å². The molecule has 1 aliphatic heterocycles. The second-order valence-electron chi connectivity index (χ2n) is 6.37. The molecule has 0 aromatic heterocycles. The van der Waals surface area contributed by atoms with E-state index in [0.29, 0.717) is 18.4 Å². The van der Waals surface area contributed by atoms with Gasteiger partial charge in [0.2, 0.25) is 11.8 Å². The van der Waals surface area contributed by atoms with Gasteiger partial charge in [0, 0.05) is 31.6 Å². The average Bonchev–Trinajstić information content (AvgIpc) is 2.61. The van der Waals surface area contributed by atoms with Crippen molar-refractivity contribution in [3.05, 3.63) is 29.8 Å². The van der Waals surface area contributed by atoms with Crippen LogP contribution in [0.4, 0.5) is 0 Å². The lowest BCUT2D eigenvalue weighted by Crippen LogP contribution is -2.45. The van der Waals surface area contributed by atoms with Crippen LogP contribution in [0.3, 0.4) is 0 Å². The van der Waals surface area contributed by atoms with Crippen LogP contribution in [0.25, 0.3) is 0 Å². The van der Waals surface area contributed by atoms with Crippen molar-refractivity contribution in [1.82, 2.24) is 15.5 Å². The van der Waals surface area contributed by atoms with Gasteiger partial charge in [-0.25, -0.2) is 0 Å². The molecule has 7 heteroatoms. The number of halogens is 1. The molecule has 1 aromatic carbocycles.